The molecule has 0 saturated heterocycles. The maximum atomic E-state index is 13.2. The van der Waals surface area contributed by atoms with Crippen LogP contribution in [0.15, 0.2) is 65.6 Å². The van der Waals surface area contributed by atoms with Gasteiger partial charge in [0, 0.05) is 24.9 Å². The molecule has 1 N–H and O–H groups in total. The Morgan fingerprint density at radius 3 is 2.61 bits per heavy atom. The van der Waals surface area contributed by atoms with Crippen molar-refractivity contribution in [1.82, 2.24) is 9.55 Å². The van der Waals surface area contributed by atoms with Gasteiger partial charge < -0.3 is 28.8 Å². The lowest BCUT2D eigenvalue weighted by atomic mass is 10.1. The Bertz CT molecular complexity index is 1520. The number of hydrogen-bond donors (Lipinski definition) is 1. The summed E-state index contributed by atoms with van der Waals surface area (Å²) in [6, 6.07) is 16.8. The van der Waals surface area contributed by atoms with Gasteiger partial charge in [-0.05, 0) is 23.8 Å². The number of carbonyl (C=O) groups is 1. The van der Waals surface area contributed by atoms with Gasteiger partial charge in [0.15, 0.2) is 11.6 Å². The number of carboxylic acids is 1. The Kier molecular flexibility index (Phi) is 5.97. The van der Waals surface area contributed by atoms with Crippen LogP contribution in [0.4, 0.5) is 5.82 Å². The summed E-state index contributed by atoms with van der Waals surface area (Å²) in [5.41, 5.74) is 1.17. The zero-order valence-corrected chi connectivity index (χ0v) is 20.1. The van der Waals surface area contributed by atoms with Crippen LogP contribution in [0.3, 0.4) is 0 Å². The number of benzene rings is 2. The van der Waals surface area contributed by atoms with Crippen molar-refractivity contribution < 1.29 is 24.1 Å². The summed E-state index contributed by atoms with van der Waals surface area (Å²) in [5.74, 6) is 0.897. The molecule has 9 nitrogen and oxygen atoms in total. The highest BCUT2D eigenvalue weighted by atomic mass is 16.5. The number of aromatic nitrogens is 2. The van der Waals surface area contributed by atoms with Crippen LogP contribution in [0, 0.1) is 0 Å². The van der Waals surface area contributed by atoms with E-state index in [-0.39, 0.29) is 23.6 Å². The molecule has 2 aromatic heterocycles. The number of likely N-dealkylation sites (N-methyl/N-ethyl adjacent to an activating group) is 1. The number of nitrogens with zero attached hydrogens (tertiary/aromatic N) is 3. The quantitative estimate of drug-likeness (QED) is 0.439. The van der Waals surface area contributed by atoms with E-state index in [1.807, 2.05) is 48.3 Å². The van der Waals surface area contributed by atoms with Gasteiger partial charge in [-0.2, -0.15) is 0 Å². The molecule has 5 rings (SSSR count). The van der Waals surface area contributed by atoms with E-state index in [0.717, 1.165) is 11.1 Å². The fourth-order valence-electron chi connectivity index (χ4n) is 4.45. The molecule has 1 atom stereocenters. The van der Waals surface area contributed by atoms with Crippen LogP contribution in [0.1, 0.15) is 27.6 Å². The lowest BCUT2D eigenvalue weighted by molar-refractivity contribution is 0.0695. The van der Waals surface area contributed by atoms with Crippen LogP contribution in [0.2, 0.25) is 0 Å². The summed E-state index contributed by atoms with van der Waals surface area (Å²) in [5, 5.41) is 9.91. The monoisotopic (exact) mass is 487 g/mol. The predicted octanol–water partition coefficient (Wildman–Crippen LogP) is 3.73. The Hall–Kier alpha value is -4.53. The van der Waals surface area contributed by atoms with Gasteiger partial charge in [0.1, 0.15) is 28.8 Å². The zero-order valence-electron chi connectivity index (χ0n) is 20.1. The topological polar surface area (TPSA) is 103 Å². The van der Waals surface area contributed by atoms with Crippen molar-refractivity contribution in [3.8, 4) is 17.2 Å². The van der Waals surface area contributed by atoms with Crippen molar-refractivity contribution in [2.24, 2.45) is 0 Å². The summed E-state index contributed by atoms with van der Waals surface area (Å²) in [6.45, 7) is 0.798. The van der Waals surface area contributed by atoms with Crippen molar-refractivity contribution in [3.63, 3.8) is 0 Å². The number of anilines is 1. The molecule has 0 spiro atoms. The largest absolute Gasteiger partial charge is 0.497 e. The first-order chi connectivity index (χ1) is 17.4. The third-order valence-corrected chi connectivity index (χ3v) is 6.30. The number of hydrogen-bond acceptors (Lipinski definition) is 7. The van der Waals surface area contributed by atoms with Gasteiger partial charge in [-0.1, -0.05) is 30.3 Å². The van der Waals surface area contributed by atoms with Gasteiger partial charge in [0.05, 0.1) is 32.7 Å². The molecule has 3 heterocycles. The predicted molar refractivity (Wildman–Crippen MR) is 135 cm³/mol. The van der Waals surface area contributed by atoms with Gasteiger partial charge in [-0.15, -0.1) is 0 Å². The molecular formula is C27H25N3O6. The molecule has 0 aliphatic carbocycles. The number of methoxy groups -OCH3 is 2. The summed E-state index contributed by atoms with van der Waals surface area (Å²) in [6.07, 6.45) is 1.07. The second-order valence-electron chi connectivity index (χ2n) is 8.56. The molecule has 0 saturated carbocycles. The van der Waals surface area contributed by atoms with Crippen LogP contribution < -0.4 is 24.5 Å². The minimum absolute atomic E-state index is 0.170. The second-order valence-corrected chi connectivity index (χ2v) is 8.56. The maximum absolute atomic E-state index is 13.2. The molecule has 184 valence electrons. The van der Waals surface area contributed by atoms with Gasteiger partial charge in [0.2, 0.25) is 5.43 Å². The molecular weight excluding hydrogens is 462 g/mol. The average Bonchev–Trinajstić information content (AvgIpc) is 2.90. The van der Waals surface area contributed by atoms with Crippen LogP contribution in [-0.4, -0.2) is 48.4 Å². The first kappa shape index (κ1) is 23.2. The fraction of sp³-hybridized carbons (Fsp3) is 0.222. The molecule has 0 amide bonds. The normalized spacial score (nSPS) is 14.8. The van der Waals surface area contributed by atoms with Gasteiger partial charge in [0.25, 0.3) is 0 Å². The highest BCUT2D eigenvalue weighted by Crippen LogP contribution is 2.37. The number of ether oxygens (including phenoxy) is 3. The molecule has 2 aromatic carbocycles. The van der Waals surface area contributed by atoms with E-state index in [9.17, 15) is 14.7 Å². The Morgan fingerprint density at radius 1 is 1.14 bits per heavy atom. The van der Waals surface area contributed by atoms with E-state index in [4.69, 9.17) is 19.2 Å². The SMILES string of the molecule is COc1ccc(Cn2cc(C(=O)O)c(=O)c3cc4c(nc32)N(C)CC(c2ccccc2)O4)c(OC)c1. The number of rotatable bonds is 6. The van der Waals surface area contributed by atoms with Crippen molar-refractivity contribution in [2.75, 3.05) is 32.7 Å². The lowest BCUT2D eigenvalue weighted by Crippen LogP contribution is -2.33. The maximum Gasteiger partial charge on any atom is 0.341 e. The molecule has 4 aromatic rings. The third kappa shape index (κ3) is 4.08. The van der Waals surface area contributed by atoms with E-state index in [2.05, 4.69) is 0 Å². The Labute approximate surface area is 207 Å². The Morgan fingerprint density at radius 2 is 1.92 bits per heavy atom. The zero-order chi connectivity index (χ0) is 25.4. The Balaban J connectivity index is 1.66. The van der Waals surface area contributed by atoms with Gasteiger partial charge in [-0.3, -0.25) is 4.79 Å². The summed E-state index contributed by atoms with van der Waals surface area (Å²) < 4.78 is 18.7. The third-order valence-electron chi connectivity index (χ3n) is 6.30. The molecule has 1 aliphatic heterocycles. The van der Waals surface area contributed by atoms with Crippen LogP contribution in [-0.2, 0) is 6.54 Å². The second kappa shape index (κ2) is 9.26. The van der Waals surface area contributed by atoms with Crippen molar-refractivity contribution in [2.45, 2.75) is 12.6 Å². The van der Waals surface area contributed by atoms with E-state index in [0.29, 0.717) is 35.3 Å². The number of pyridine rings is 2. The van der Waals surface area contributed by atoms with Gasteiger partial charge in [-0.25, -0.2) is 9.78 Å². The summed E-state index contributed by atoms with van der Waals surface area (Å²) in [7, 11) is 5.03. The standard InChI is InChI=1S/C27H25N3O6/c1-29-15-23(16-7-5-4-6-8-16)36-22-12-19-24(31)20(27(32)33)14-30(25(19)28-26(22)29)13-17-9-10-18(34-2)11-21(17)35-3/h4-12,14,23H,13,15H2,1-3H3,(H,32,33). The summed E-state index contributed by atoms with van der Waals surface area (Å²) in [4.78, 5) is 31.8. The molecule has 0 fully saturated rings. The first-order valence-electron chi connectivity index (χ1n) is 11.3. The first-order valence-corrected chi connectivity index (χ1v) is 11.3. The fourth-order valence-corrected chi connectivity index (χ4v) is 4.45. The van der Waals surface area contributed by atoms with E-state index in [1.54, 1.807) is 37.0 Å². The average molecular weight is 488 g/mol. The molecule has 0 radical (unpaired) electrons. The highest BCUT2D eigenvalue weighted by Gasteiger charge is 2.28. The van der Waals surface area contributed by atoms with E-state index >= 15 is 0 Å². The minimum Gasteiger partial charge on any atom is -0.497 e. The van der Waals surface area contributed by atoms with Crippen LogP contribution >= 0.6 is 0 Å². The molecule has 36 heavy (non-hydrogen) atoms. The lowest BCUT2D eigenvalue weighted by Gasteiger charge is -2.33. The molecule has 1 aliphatic rings. The van der Waals surface area contributed by atoms with Crippen molar-refractivity contribution in [3.05, 3.63) is 87.7 Å². The van der Waals surface area contributed by atoms with E-state index in [1.165, 1.54) is 6.20 Å². The summed E-state index contributed by atoms with van der Waals surface area (Å²) >= 11 is 0. The highest BCUT2D eigenvalue weighted by molar-refractivity contribution is 5.92. The molecule has 9 heteroatoms. The van der Waals surface area contributed by atoms with Gasteiger partial charge >= 0.3 is 5.97 Å². The van der Waals surface area contributed by atoms with E-state index < -0.39 is 11.4 Å². The van der Waals surface area contributed by atoms with Crippen LogP contribution in [0.25, 0.3) is 11.0 Å². The number of aromatic carboxylic acids is 1. The van der Waals surface area contributed by atoms with Crippen LogP contribution in [0.5, 0.6) is 17.2 Å². The smallest absolute Gasteiger partial charge is 0.341 e. The van der Waals surface area contributed by atoms with Crippen molar-refractivity contribution >= 4 is 22.8 Å². The number of fused-ring (bicyclic) bond motifs is 2. The van der Waals surface area contributed by atoms with Crippen molar-refractivity contribution in [1.29, 1.82) is 0 Å². The number of carboxylic acid groups (broad SMARTS) is 1. The minimum atomic E-state index is -1.31. The molecule has 0 bridgehead atoms. The molecule has 1 unspecified atom stereocenters.